The molecule has 3 N–H and O–H groups in total. The first kappa shape index (κ1) is 11.5. The summed E-state index contributed by atoms with van der Waals surface area (Å²) >= 11 is 0. The molecule has 2 amide bonds. The second kappa shape index (κ2) is 6.04. The van der Waals surface area contributed by atoms with E-state index in [1.54, 1.807) is 0 Å². The van der Waals surface area contributed by atoms with E-state index in [4.69, 9.17) is 13.0 Å². The zero-order chi connectivity index (χ0) is 10.3. The maximum absolute atomic E-state index is 10.8. The smallest absolute Gasteiger partial charge is 0.305 e. The van der Waals surface area contributed by atoms with Crippen LogP contribution in [0.15, 0.2) is 0 Å². The molecule has 70 valence electrons. The Morgan fingerprint density at radius 1 is 1.23 bits per heavy atom. The predicted octanol–water partition coefficient (Wildman–Crippen LogP) is -1.54. The molecule has 13 heavy (non-hydrogen) atoms. The first-order valence-corrected chi connectivity index (χ1v) is 3.54. The Morgan fingerprint density at radius 3 is 2.31 bits per heavy atom. The third-order valence-corrected chi connectivity index (χ3v) is 1.08. The van der Waals surface area contributed by atoms with Crippen molar-refractivity contribution in [2.45, 2.75) is 6.42 Å². The molecule has 0 saturated heterocycles. The molecular formula is C6H9BN2O4. The van der Waals surface area contributed by atoms with E-state index in [1.807, 2.05) is 0 Å². The fourth-order valence-corrected chi connectivity index (χ4v) is 0.539. The zero-order valence-corrected chi connectivity index (χ0v) is 6.87. The van der Waals surface area contributed by atoms with Crippen LogP contribution in [0, 0.1) is 0 Å². The van der Waals surface area contributed by atoms with E-state index in [2.05, 4.69) is 10.6 Å². The summed E-state index contributed by atoms with van der Waals surface area (Å²) in [7, 11) is 4.69. The Balaban J connectivity index is 3.41. The van der Waals surface area contributed by atoms with Crippen LogP contribution in [0.5, 0.6) is 0 Å². The third kappa shape index (κ3) is 8.38. The van der Waals surface area contributed by atoms with Crippen molar-refractivity contribution in [2.24, 2.45) is 0 Å². The number of carboxylic acids is 1. The van der Waals surface area contributed by atoms with Crippen LogP contribution < -0.4 is 10.6 Å². The summed E-state index contributed by atoms with van der Waals surface area (Å²) in [5, 5.41) is 12.5. The van der Waals surface area contributed by atoms with Crippen molar-refractivity contribution >= 4 is 25.5 Å². The van der Waals surface area contributed by atoms with Gasteiger partial charge in [-0.3, -0.25) is 14.4 Å². The highest BCUT2D eigenvalue weighted by molar-refractivity contribution is 6.57. The minimum atomic E-state index is -0.997. The Morgan fingerprint density at radius 2 is 1.85 bits per heavy atom. The molecule has 0 unspecified atom stereocenters. The molecule has 0 fully saturated rings. The summed E-state index contributed by atoms with van der Waals surface area (Å²) < 4.78 is 0. The molecule has 0 aromatic rings. The van der Waals surface area contributed by atoms with Gasteiger partial charge in [-0.1, -0.05) is 0 Å². The van der Waals surface area contributed by atoms with E-state index >= 15 is 0 Å². The van der Waals surface area contributed by atoms with Gasteiger partial charge in [0.25, 0.3) is 0 Å². The van der Waals surface area contributed by atoms with Crippen molar-refractivity contribution in [2.75, 3.05) is 13.1 Å². The summed E-state index contributed by atoms with van der Waals surface area (Å²) in [6.07, 6.45) is -0.150. The van der Waals surface area contributed by atoms with Crippen LogP contribution in [0.25, 0.3) is 0 Å². The molecule has 0 aliphatic heterocycles. The fourth-order valence-electron chi connectivity index (χ4n) is 0.539. The summed E-state index contributed by atoms with van der Waals surface area (Å²) in [4.78, 5) is 30.9. The fraction of sp³-hybridized carbons (Fsp3) is 0.500. The van der Waals surface area contributed by atoms with Crippen LogP contribution in [-0.2, 0) is 9.59 Å². The van der Waals surface area contributed by atoms with Gasteiger partial charge in [0, 0.05) is 6.54 Å². The summed E-state index contributed by atoms with van der Waals surface area (Å²) in [6.45, 7) is -0.205. The summed E-state index contributed by atoms with van der Waals surface area (Å²) in [6, 6.07) is 0. The molecule has 0 aliphatic rings. The molecule has 0 aromatic carbocycles. The molecular weight excluding hydrogens is 175 g/mol. The molecule has 0 heterocycles. The minimum Gasteiger partial charge on any atom is -0.481 e. The topological polar surface area (TPSA) is 95.5 Å². The Hall–Kier alpha value is -1.53. The molecule has 0 saturated carbocycles. The van der Waals surface area contributed by atoms with Gasteiger partial charge in [-0.05, 0) is 0 Å². The average molecular weight is 184 g/mol. The molecule has 0 spiro atoms. The molecule has 6 nitrogen and oxygen atoms in total. The highest BCUT2D eigenvalue weighted by atomic mass is 16.4. The average Bonchev–Trinajstić information content (AvgIpc) is 2.00. The standard InChI is InChI=1S/C6H9BN2O4/c7-6(13)9-3-4(10)8-2-1-5(11)12/h1-3H2,(H,8,10)(H,9,13)(H,11,12). The normalized spacial score (nSPS) is 8.92. The number of nitrogens with one attached hydrogen (secondary N) is 2. The third-order valence-electron chi connectivity index (χ3n) is 1.08. The maximum Gasteiger partial charge on any atom is 0.305 e. The monoisotopic (exact) mass is 184 g/mol. The number of hydrogen-bond acceptors (Lipinski definition) is 3. The molecule has 0 bridgehead atoms. The van der Waals surface area contributed by atoms with Crippen molar-refractivity contribution in [3.8, 4) is 0 Å². The van der Waals surface area contributed by atoms with Gasteiger partial charge in [-0.25, -0.2) is 0 Å². The molecule has 0 rings (SSSR count). The van der Waals surface area contributed by atoms with Crippen molar-refractivity contribution in [1.82, 2.24) is 10.6 Å². The molecule has 0 atom stereocenters. The highest BCUT2D eigenvalue weighted by Gasteiger charge is 2.02. The predicted molar refractivity (Wildman–Crippen MR) is 44.4 cm³/mol. The van der Waals surface area contributed by atoms with Crippen molar-refractivity contribution in [3.63, 3.8) is 0 Å². The van der Waals surface area contributed by atoms with Crippen molar-refractivity contribution in [3.05, 3.63) is 0 Å². The van der Waals surface area contributed by atoms with Crippen LogP contribution in [0.2, 0.25) is 0 Å². The van der Waals surface area contributed by atoms with Crippen LogP contribution in [0.3, 0.4) is 0 Å². The van der Waals surface area contributed by atoms with Gasteiger partial charge in [0.1, 0.15) is 0 Å². The molecule has 7 heteroatoms. The molecule has 0 aliphatic carbocycles. The van der Waals surface area contributed by atoms with Gasteiger partial charge < -0.3 is 15.7 Å². The lowest BCUT2D eigenvalue weighted by Crippen LogP contribution is -2.37. The van der Waals surface area contributed by atoms with Crippen LogP contribution >= 0.6 is 0 Å². The number of carbonyl (C=O) groups is 3. The first-order valence-electron chi connectivity index (χ1n) is 3.54. The number of hydrogen-bond donors (Lipinski definition) is 3. The van der Waals surface area contributed by atoms with Gasteiger partial charge in [-0.15, -0.1) is 0 Å². The van der Waals surface area contributed by atoms with Crippen LogP contribution in [-0.4, -0.2) is 43.7 Å². The second-order valence-electron chi connectivity index (χ2n) is 2.21. The van der Waals surface area contributed by atoms with Gasteiger partial charge in [0.2, 0.25) is 13.8 Å². The number of carboxylic acid groups (broad SMARTS) is 1. The Bertz CT molecular complexity index is 219. The lowest BCUT2D eigenvalue weighted by molar-refractivity contribution is -0.136. The SMILES string of the molecule is [B]C(=O)NCC(=O)NCCC(=O)O. The highest BCUT2D eigenvalue weighted by Crippen LogP contribution is 1.75. The summed E-state index contributed by atoms with van der Waals surface area (Å²) in [5.74, 6) is -2.27. The van der Waals surface area contributed by atoms with Gasteiger partial charge in [-0.2, -0.15) is 0 Å². The first-order chi connectivity index (χ1) is 6.02. The van der Waals surface area contributed by atoms with Crippen LogP contribution in [0.1, 0.15) is 6.42 Å². The molecule has 2 radical (unpaired) electrons. The van der Waals surface area contributed by atoms with Crippen molar-refractivity contribution in [1.29, 1.82) is 0 Å². The molecule has 0 aromatic heterocycles. The maximum atomic E-state index is 10.8. The van der Waals surface area contributed by atoms with Gasteiger partial charge >= 0.3 is 5.97 Å². The number of aliphatic carboxylic acids is 1. The van der Waals surface area contributed by atoms with Crippen LogP contribution in [0.4, 0.5) is 4.79 Å². The largest absolute Gasteiger partial charge is 0.481 e. The number of amides is 2. The second-order valence-corrected chi connectivity index (χ2v) is 2.21. The Kier molecular flexibility index (Phi) is 5.33. The van der Waals surface area contributed by atoms with Gasteiger partial charge in [0.05, 0.1) is 13.0 Å². The Labute approximate surface area is 76.1 Å². The lowest BCUT2D eigenvalue weighted by atomic mass is 10.1. The van der Waals surface area contributed by atoms with E-state index < -0.39 is 17.7 Å². The minimum absolute atomic E-state index is 0.0363. The van der Waals surface area contributed by atoms with Gasteiger partial charge in [0.15, 0.2) is 5.81 Å². The van der Waals surface area contributed by atoms with Crippen molar-refractivity contribution < 1.29 is 19.5 Å². The zero-order valence-electron chi connectivity index (χ0n) is 6.87. The number of carbonyl (C=O) groups excluding carboxylic acids is 2. The van der Waals surface area contributed by atoms with E-state index in [0.717, 1.165) is 0 Å². The van der Waals surface area contributed by atoms with E-state index in [-0.39, 0.29) is 19.5 Å². The van der Waals surface area contributed by atoms with E-state index in [0.29, 0.717) is 0 Å². The lowest BCUT2D eigenvalue weighted by Gasteiger charge is -2.03. The summed E-state index contributed by atoms with van der Waals surface area (Å²) in [5.41, 5.74) is 0. The van der Waals surface area contributed by atoms with E-state index in [1.165, 1.54) is 0 Å². The van der Waals surface area contributed by atoms with E-state index in [9.17, 15) is 14.4 Å². The quantitative estimate of drug-likeness (QED) is 0.451. The number of rotatable bonds is 5.